The van der Waals surface area contributed by atoms with E-state index < -0.39 is 0 Å². The van der Waals surface area contributed by atoms with Gasteiger partial charge in [0.1, 0.15) is 5.76 Å². The number of nitro groups is 1. The maximum Gasteiger partial charge on any atom is 0.269 e. The molecule has 206 valence electrons. The molecule has 1 aliphatic heterocycles. The first-order valence-corrected chi connectivity index (χ1v) is 14.3. The quantitative estimate of drug-likeness (QED) is 0.115. The second kappa shape index (κ2) is 11.2. The molecule has 1 aliphatic rings. The molecule has 2 atom stereocenters. The maximum absolute atomic E-state index is 11.0. The van der Waals surface area contributed by atoms with Gasteiger partial charge in [-0.2, -0.15) is 0 Å². The number of hydrogen-bond donors (Lipinski definition) is 1. The average Bonchev–Trinajstić information content (AvgIpc) is 3.69. The molecule has 0 radical (unpaired) electrons. The number of anilines is 1. The van der Waals surface area contributed by atoms with Crippen LogP contribution in [0.2, 0.25) is 0 Å². The summed E-state index contributed by atoms with van der Waals surface area (Å²) in [6.07, 6.45) is 3.51. The normalized spacial score (nSPS) is 16.6. The van der Waals surface area contributed by atoms with Gasteiger partial charge in [0.25, 0.3) is 5.69 Å². The van der Waals surface area contributed by atoms with E-state index in [1.807, 2.05) is 36.5 Å². The summed E-state index contributed by atoms with van der Waals surface area (Å²) in [5.74, 6) is 0.901. The zero-order valence-corrected chi connectivity index (χ0v) is 24.1. The van der Waals surface area contributed by atoms with Crippen LogP contribution < -0.4 is 10.2 Å². The van der Waals surface area contributed by atoms with Crippen molar-refractivity contribution in [3.63, 3.8) is 0 Å². The third-order valence-corrected chi connectivity index (χ3v) is 8.65. The first-order chi connectivity index (χ1) is 19.9. The molecule has 0 bridgehead atoms. The van der Waals surface area contributed by atoms with E-state index in [-0.39, 0.29) is 22.7 Å². The number of benzene rings is 2. The SMILES string of the molecule is Cc1cc([C@H]2[C@@H](c3ccccn3)NC(=S)N2c2ccc(Sc3ccc([N+](=O)[O-])cc3)cc2)c(C)n1Cc1ccco1. The van der Waals surface area contributed by atoms with Crippen molar-refractivity contribution in [2.24, 2.45) is 0 Å². The second-order valence-electron chi connectivity index (χ2n) is 9.84. The molecule has 41 heavy (non-hydrogen) atoms. The molecule has 6 rings (SSSR count). The fourth-order valence-electron chi connectivity index (χ4n) is 5.32. The lowest BCUT2D eigenvalue weighted by Crippen LogP contribution is -2.29. The minimum absolute atomic E-state index is 0.0803. The van der Waals surface area contributed by atoms with E-state index in [0.29, 0.717) is 11.7 Å². The van der Waals surface area contributed by atoms with Crippen molar-refractivity contribution in [2.75, 3.05) is 4.90 Å². The smallest absolute Gasteiger partial charge is 0.269 e. The Hall–Kier alpha value is -4.41. The van der Waals surface area contributed by atoms with Gasteiger partial charge in [-0.3, -0.25) is 15.1 Å². The number of nitro benzene ring substituents is 1. The molecular formula is C31H27N5O3S2. The Balaban J connectivity index is 1.34. The summed E-state index contributed by atoms with van der Waals surface area (Å²) in [5, 5.41) is 15.2. The van der Waals surface area contributed by atoms with Crippen molar-refractivity contribution in [3.05, 3.63) is 136 Å². The van der Waals surface area contributed by atoms with E-state index in [1.54, 1.807) is 30.2 Å². The van der Waals surface area contributed by atoms with Gasteiger partial charge in [0.15, 0.2) is 5.11 Å². The fraction of sp³-hybridized carbons (Fsp3) is 0.161. The third kappa shape index (κ3) is 5.36. The molecule has 2 aromatic carbocycles. The van der Waals surface area contributed by atoms with Gasteiger partial charge in [-0.15, -0.1) is 0 Å². The van der Waals surface area contributed by atoms with Crippen molar-refractivity contribution in [2.45, 2.75) is 42.3 Å². The van der Waals surface area contributed by atoms with Gasteiger partial charge in [0.2, 0.25) is 0 Å². The van der Waals surface area contributed by atoms with Crippen LogP contribution >= 0.6 is 24.0 Å². The Morgan fingerprint density at radius 1 is 1.02 bits per heavy atom. The highest BCUT2D eigenvalue weighted by molar-refractivity contribution is 7.99. The zero-order chi connectivity index (χ0) is 28.5. The highest BCUT2D eigenvalue weighted by Crippen LogP contribution is 2.44. The molecule has 0 saturated carbocycles. The van der Waals surface area contributed by atoms with Crippen LogP contribution in [-0.4, -0.2) is 19.6 Å². The Bertz CT molecular complexity index is 1680. The minimum Gasteiger partial charge on any atom is -0.467 e. The van der Waals surface area contributed by atoms with Crippen LogP contribution in [0.15, 0.2) is 112 Å². The highest BCUT2D eigenvalue weighted by Gasteiger charge is 2.42. The van der Waals surface area contributed by atoms with Crippen molar-refractivity contribution in [1.82, 2.24) is 14.9 Å². The van der Waals surface area contributed by atoms with Crippen LogP contribution in [-0.2, 0) is 6.54 Å². The fourth-order valence-corrected chi connectivity index (χ4v) is 6.49. The molecule has 0 spiro atoms. The molecular weight excluding hydrogens is 555 g/mol. The number of hydrogen-bond acceptors (Lipinski definition) is 6. The molecule has 4 heterocycles. The van der Waals surface area contributed by atoms with Crippen LogP contribution in [0.3, 0.4) is 0 Å². The molecule has 0 amide bonds. The monoisotopic (exact) mass is 581 g/mol. The van der Waals surface area contributed by atoms with E-state index in [0.717, 1.165) is 38.3 Å². The standard InChI is InChI=1S/C31H27N5O3S2/c1-20-18-27(21(2)34(20)19-24-6-5-17-39-24)30-29(28-7-3-4-16-32-28)33-31(40)35(30)22-8-12-25(13-9-22)41-26-14-10-23(11-15-26)36(37)38/h3-18,29-30H,19H2,1-2H3,(H,33,40)/t29-,30+/m1/s1. The Kier molecular flexibility index (Phi) is 7.34. The first kappa shape index (κ1) is 26.8. The van der Waals surface area contributed by atoms with Crippen LogP contribution in [0.1, 0.15) is 40.5 Å². The number of furan rings is 1. The molecule has 0 aliphatic carbocycles. The number of non-ortho nitro benzene ring substituents is 1. The number of pyridine rings is 1. The third-order valence-electron chi connectivity index (χ3n) is 7.32. The van der Waals surface area contributed by atoms with Crippen molar-refractivity contribution in [3.8, 4) is 0 Å². The van der Waals surface area contributed by atoms with Gasteiger partial charge >= 0.3 is 0 Å². The summed E-state index contributed by atoms with van der Waals surface area (Å²) < 4.78 is 7.91. The zero-order valence-electron chi connectivity index (χ0n) is 22.4. The lowest BCUT2D eigenvalue weighted by molar-refractivity contribution is -0.384. The number of aryl methyl sites for hydroxylation is 1. The van der Waals surface area contributed by atoms with Crippen molar-refractivity contribution in [1.29, 1.82) is 0 Å². The van der Waals surface area contributed by atoms with E-state index in [1.165, 1.54) is 17.7 Å². The van der Waals surface area contributed by atoms with Gasteiger partial charge in [-0.25, -0.2) is 0 Å². The number of nitrogens with zero attached hydrogens (tertiary/aromatic N) is 4. The minimum atomic E-state index is -0.390. The largest absolute Gasteiger partial charge is 0.467 e. The van der Waals surface area contributed by atoms with Gasteiger partial charge < -0.3 is 19.2 Å². The Labute approximate surface area is 247 Å². The molecule has 5 aromatic rings. The molecule has 0 unspecified atom stereocenters. The van der Waals surface area contributed by atoms with Crippen LogP contribution in [0.25, 0.3) is 0 Å². The van der Waals surface area contributed by atoms with Crippen LogP contribution in [0, 0.1) is 24.0 Å². The molecule has 8 nitrogen and oxygen atoms in total. The summed E-state index contributed by atoms with van der Waals surface area (Å²) in [6, 6.07) is 26.6. The highest BCUT2D eigenvalue weighted by atomic mass is 32.2. The van der Waals surface area contributed by atoms with Crippen LogP contribution in [0.5, 0.6) is 0 Å². The topological polar surface area (TPSA) is 89.4 Å². The van der Waals surface area contributed by atoms with Crippen LogP contribution in [0.4, 0.5) is 11.4 Å². The van der Waals surface area contributed by atoms with E-state index >= 15 is 0 Å². The lowest BCUT2D eigenvalue weighted by Gasteiger charge is -2.28. The molecule has 1 fully saturated rings. The summed E-state index contributed by atoms with van der Waals surface area (Å²) >= 11 is 7.48. The number of thiocarbonyl (C=S) groups is 1. The summed E-state index contributed by atoms with van der Waals surface area (Å²) in [5.41, 5.74) is 5.42. The molecule has 1 saturated heterocycles. The van der Waals surface area contributed by atoms with Gasteiger partial charge in [-0.05, 0) is 98.4 Å². The summed E-state index contributed by atoms with van der Waals surface area (Å²) in [7, 11) is 0. The van der Waals surface area contributed by atoms with E-state index in [4.69, 9.17) is 16.6 Å². The van der Waals surface area contributed by atoms with E-state index in [9.17, 15) is 10.1 Å². The maximum atomic E-state index is 11.0. The van der Waals surface area contributed by atoms with E-state index in [2.05, 4.69) is 63.9 Å². The number of nitrogens with one attached hydrogen (secondary N) is 1. The lowest BCUT2D eigenvalue weighted by atomic mass is 9.96. The van der Waals surface area contributed by atoms with Crippen molar-refractivity contribution < 1.29 is 9.34 Å². The van der Waals surface area contributed by atoms with Gasteiger partial charge in [-0.1, -0.05) is 17.8 Å². The summed E-state index contributed by atoms with van der Waals surface area (Å²) in [4.78, 5) is 19.4. The first-order valence-electron chi connectivity index (χ1n) is 13.1. The molecule has 3 aromatic heterocycles. The Morgan fingerprint density at radius 2 is 1.76 bits per heavy atom. The Morgan fingerprint density at radius 3 is 2.39 bits per heavy atom. The summed E-state index contributed by atoms with van der Waals surface area (Å²) in [6.45, 7) is 4.91. The van der Waals surface area contributed by atoms with Crippen molar-refractivity contribution >= 4 is 40.5 Å². The predicted molar refractivity (Wildman–Crippen MR) is 163 cm³/mol. The second-order valence-corrected chi connectivity index (χ2v) is 11.4. The average molecular weight is 582 g/mol. The molecule has 10 heteroatoms. The number of aromatic nitrogens is 2. The number of rotatable bonds is 8. The van der Waals surface area contributed by atoms with Gasteiger partial charge in [0, 0.05) is 45.2 Å². The van der Waals surface area contributed by atoms with Gasteiger partial charge in [0.05, 0.1) is 35.5 Å². The molecule has 1 N–H and O–H groups in total. The predicted octanol–water partition coefficient (Wildman–Crippen LogP) is 7.38.